The third kappa shape index (κ3) is 3.18. The van der Waals surface area contributed by atoms with Crippen LogP contribution in [0.2, 0.25) is 0 Å². The first-order valence-corrected chi connectivity index (χ1v) is 4.19. The van der Waals surface area contributed by atoms with Crippen molar-refractivity contribution < 1.29 is 36.6 Å². The molecule has 0 fully saturated rings. The predicted molar refractivity (Wildman–Crippen MR) is 47.2 cm³/mol. The second-order valence-corrected chi connectivity index (χ2v) is 2.96. The van der Waals surface area contributed by atoms with Gasteiger partial charge in [0.15, 0.2) is 0 Å². The summed E-state index contributed by atoms with van der Waals surface area (Å²) in [5.74, 6) is -4.13. The largest absolute Gasteiger partial charge is 0.574 e. The number of carboxylic acid groups (broad SMARTS) is 1. The molecule has 0 bridgehead atoms. The van der Waals surface area contributed by atoms with Crippen molar-refractivity contribution >= 4 is 11.8 Å². The molecule has 1 aromatic heterocycles. The SMILES string of the molecule is Nc1nc(OC(F)(F)F)cc(C(=O)O)c1C(F)F. The van der Waals surface area contributed by atoms with Gasteiger partial charge in [-0.3, -0.25) is 0 Å². The number of anilines is 1. The standard InChI is InChI=1S/C8H5F5N2O3/c9-5(10)4-2(7(16)17)1-3(15-6(4)14)18-8(11,12)13/h1,5H,(H2,14,15)(H,16,17). The number of alkyl halides is 5. The van der Waals surface area contributed by atoms with Gasteiger partial charge in [-0.15, -0.1) is 13.2 Å². The number of pyridine rings is 1. The lowest BCUT2D eigenvalue weighted by Crippen LogP contribution is -2.19. The number of nitrogens with two attached hydrogens (primary N) is 1. The van der Waals surface area contributed by atoms with Crippen LogP contribution in [0.25, 0.3) is 0 Å². The molecule has 100 valence electrons. The Labute approximate surface area is 96.0 Å². The zero-order chi connectivity index (χ0) is 14.1. The second-order valence-electron chi connectivity index (χ2n) is 2.96. The van der Waals surface area contributed by atoms with Gasteiger partial charge in [-0.05, 0) is 0 Å². The van der Waals surface area contributed by atoms with Gasteiger partial charge in [-0.25, -0.2) is 13.6 Å². The Hall–Kier alpha value is -2.13. The van der Waals surface area contributed by atoms with E-state index in [2.05, 4.69) is 9.72 Å². The summed E-state index contributed by atoms with van der Waals surface area (Å²) in [4.78, 5) is 13.6. The Morgan fingerprint density at radius 2 is 2.00 bits per heavy atom. The van der Waals surface area contributed by atoms with E-state index in [-0.39, 0.29) is 6.07 Å². The Bertz CT molecular complexity index is 475. The maximum atomic E-state index is 12.5. The molecule has 5 nitrogen and oxygen atoms in total. The number of nitrogen functional groups attached to an aromatic ring is 1. The minimum atomic E-state index is -5.14. The number of rotatable bonds is 3. The number of carboxylic acids is 1. The van der Waals surface area contributed by atoms with Gasteiger partial charge in [0.2, 0.25) is 5.88 Å². The van der Waals surface area contributed by atoms with Gasteiger partial charge in [0.05, 0.1) is 11.1 Å². The molecular weight excluding hydrogens is 267 g/mol. The molecule has 1 heterocycles. The number of hydrogen-bond acceptors (Lipinski definition) is 4. The molecule has 0 radical (unpaired) electrons. The van der Waals surface area contributed by atoms with Crippen LogP contribution in [0, 0.1) is 0 Å². The Morgan fingerprint density at radius 3 is 2.39 bits per heavy atom. The Kier molecular flexibility index (Phi) is 3.58. The highest BCUT2D eigenvalue weighted by molar-refractivity contribution is 5.91. The van der Waals surface area contributed by atoms with Crippen LogP contribution < -0.4 is 10.5 Å². The van der Waals surface area contributed by atoms with Gasteiger partial charge in [0.25, 0.3) is 6.43 Å². The zero-order valence-electron chi connectivity index (χ0n) is 8.33. The predicted octanol–water partition coefficient (Wildman–Crippen LogP) is 2.20. The average Bonchev–Trinajstić information content (AvgIpc) is 2.12. The monoisotopic (exact) mass is 272 g/mol. The summed E-state index contributed by atoms with van der Waals surface area (Å²) in [6, 6.07) is 0.230. The quantitative estimate of drug-likeness (QED) is 0.824. The maximum absolute atomic E-state index is 12.5. The highest BCUT2D eigenvalue weighted by atomic mass is 19.4. The molecule has 0 unspecified atom stereocenters. The number of ether oxygens (including phenoxy) is 1. The summed E-state index contributed by atoms with van der Waals surface area (Å²) < 4.78 is 63.9. The van der Waals surface area contributed by atoms with Gasteiger partial charge >= 0.3 is 12.3 Å². The lowest BCUT2D eigenvalue weighted by Gasteiger charge is -2.12. The summed E-state index contributed by atoms with van der Waals surface area (Å²) >= 11 is 0. The lowest BCUT2D eigenvalue weighted by molar-refractivity contribution is -0.276. The van der Waals surface area contributed by atoms with E-state index >= 15 is 0 Å². The van der Waals surface area contributed by atoms with Gasteiger partial charge in [-0.2, -0.15) is 4.98 Å². The van der Waals surface area contributed by atoms with E-state index in [0.717, 1.165) is 0 Å². The third-order valence-corrected chi connectivity index (χ3v) is 1.73. The van der Waals surface area contributed by atoms with Crippen LogP contribution in [-0.4, -0.2) is 22.4 Å². The molecule has 0 atom stereocenters. The van der Waals surface area contributed by atoms with Crippen molar-refractivity contribution in [1.29, 1.82) is 0 Å². The molecule has 1 aromatic rings. The summed E-state index contributed by atoms with van der Waals surface area (Å²) in [5, 5.41) is 8.61. The first-order chi connectivity index (χ1) is 8.11. The maximum Gasteiger partial charge on any atom is 0.574 e. The van der Waals surface area contributed by atoms with Crippen LogP contribution in [0.5, 0.6) is 5.88 Å². The number of aromatic carboxylic acids is 1. The van der Waals surface area contributed by atoms with Crippen LogP contribution in [0.15, 0.2) is 6.07 Å². The molecule has 3 N–H and O–H groups in total. The van der Waals surface area contributed by atoms with Crippen molar-refractivity contribution in [1.82, 2.24) is 4.98 Å². The van der Waals surface area contributed by atoms with E-state index in [1.165, 1.54) is 0 Å². The molecule has 10 heteroatoms. The normalized spacial score (nSPS) is 11.7. The molecule has 0 amide bonds. The van der Waals surface area contributed by atoms with E-state index in [1.807, 2.05) is 0 Å². The third-order valence-electron chi connectivity index (χ3n) is 1.73. The molecule has 0 saturated carbocycles. The van der Waals surface area contributed by atoms with E-state index in [0.29, 0.717) is 0 Å². The minimum Gasteiger partial charge on any atom is -0.478 e. The van der Waals surface area contributed by atoms with E-state index < -0.39 is 41.6 Å². The van der Waals surface area contributed by atoms with E-state index in [4.69, 9.17) is 10.8 Å². The summed E-state index contributed by atoms with van der Waals surface area (Å²) in [5.41, 5.74) is 2.72. The smallest absolute Gasteiger partial charge is 0.478 e. The van der Waals surface area contributed by atoms with Crippen molar-refractivity contribution in [3.8, 4) is 5.88 Å². The van der Waals surface area contributed by atoms with Crippen LogP contribution in [0.4, 0.5) is 27.8 Å². The molecule has 0 aliphatic rings. The van der Waals surface area contributed by atoms with Crippen molar-refractivity contribution in [2.24, 2.45) is 0 Å². The van der Waals surface area contributed by atoms with Gasteiger partial charge < -0.3 is 15.6 Å². The topological polar surface area (TPSA) is 85.4 Å². The molecule has 18 heavy (non-hydrogen) atoms. The number of carbonyl (C=O) groups is 1. The van der Waals surface area contributed by atoms with Gasteiger partial charge in [-0.1, -0.05) is 0 Å². The fraction of sp³-hybridized carbons (Fsp3) is 0.250. The fourth-order valence-electron chi connectivity index (χ4n) is 1.13. The molecule has 0 saturated heterocycles. The lowest BCUT2D eigenvalue weighted by atomic mass is 10.1. The number of nitrogens with zero attached hydrogens (tertiary/aromatic N) is 1. The molecular formula is C8H5F5N2O3. The van der Waals surface area contributed by atoms with Crippen molar-refractivity contribution in [2.45, 2.75) is 12.8 Å². The molecule has 1 rings (SSSR count). The molecule has 0 aliphatic carbocycles. The first kappa shape index (κ1) is 13.9. The summed E-state index contributed by atoms with van der Waals surface area (Å²) in [6.07, 6.45) is -8.43. The van der Waals surface area contributed by atoms with Crippen molar-refractivity contribution in [3.05, 3.63) is 17.2 Å². The Balaban J connectivity index is 3.32. The minimum absolute atomic E-state index is 0.230. The highest BCUT2D eigenvalue weighted by Gasteiger charge is 2.33. The summed E-state index contributed by atoms with van der Waals surface area (Å²) in [6.45, 7) is 0. The zero-order valence-corrected chi connectivity index (χ0v) is 8.33. The number of hydrogen-bond donors (Lipinski definition) is 2. The first-order valence-electron chi connectivity index (χ1n) is 4.19. The Morgan fingerprint density at radius 1 is 1.44 bits per heavy atom. The van der Waals surface area contributed by atoms with E-state index in [9.17, 15) is 26.7 Å². The number of aromatic nitrogens is 1. The number of halogens is 5. The van der Waals surface area contributed by atoms with Crippen LogP contribution in [0.3, 0.4) is 0 Å². The molecule has 0 aromatic carbocycles. The second kappa shape index (κ2) is 4.63. The van der Waals surface area contributed by atoms with Crippen molar-refractivity contribution in [2.75, 3.05) is 5.73 Å². The van der Waals surface area contributed by atoms with Crippen molar-refractivity contribution in [3.63, 3.8) is 0 Å². The van der Waals surface area contributed by atoms with Crippen LogP contribution >= 0.6 is 0 Å². The van der Waals surface area contributed by atoms with Crippen LogP contribution in [0.1, 0.15) is 22.3 Å². The molecule has 0 spiro atoms. The van der Waals surface area contributed by atoms with Crippen LogP contribution in [-0.2, 0) is 0 Å². The van der Waals surface area contributed by atoms with E-state index in [1.54, 1.807) is 0 Å². The van der Waals surface area contributed by atoms with Gasteiger partial charge in [0.1, 0.15) is 5.82 Å². The summed E-state index contributed by atoms with van der Waals surface area (Å²) in [7, 11) is 0. The van der Waals surface area contributed by atoms with Gasteiger partial charge in [0, 0.05) is 6.07 Å². The average molecular weight is 272 g/mol. The fourth-order valence-corrected chi connectivity index (χ4v) is 1.13. The molecule has 0 aliphatic heterocycles. The highest BCUT2D eigenvalue weighted by Crippen LogP contribution is 2.31.